The molecule has 2 rings (SSSR count). The summed E-state index contributed by atoms with van der Waals surface area (Å²) in [6, 6.07) is 5.66. The Kier molecular flexibility index (Phi) is 3.43. The van der Waals surface area contributed by atoms with Gasteiger partial charge in [0.15, 0.2) is 5.78 Å². The number of ether oxygens (including phenoxy) is 1. The minimum absolute atomic E-state index is 0.137. The van der Waals surface area contributed by atoms with E-state index in [1.807, 2.05) is 18.2 Å². The van der Waals surface area contributed by atoms with Crippen LogP contribution in [0.4, 0.5) is 0 Å². The van der Waals surface area contributed by atoms with Gasteiger partial charge in [-0.05, 0) is 36.3 Å². The smallest absolute Gasteiger partial charge is 0.341 e. The molecule has 0 spiro atoms. The molecule has 4 heteroatoms. The Morgan fingerprint density at radius 3 is 2.94 bits per heavy atom. The van der Waals surface area contributed by atoms with Crippen LogP contribution in [0.15, 0.2) is 28.2 Å². The molecule has 0 saturated heterocycles. The van der Waals surface area contributed by atoms with Gasteiger partial charge in [0.1, 0.15) is 5.57 Å². The van der Waals surface area contributed by atoms with Crippen LogP contribution in [0.2, 0.25) is 0 Å². The van der Waals surface area contributed by atoms with Crippen molar-refractivity contribution in [1.29, 1.82) is 0 Å². The van der Waals surface area contributed by atoms with Crippen LogP contribution in [0.3, 0.4) is 0 Å². The van der Waals surface area contributed by atoms with Crippen molar-refractivity contribution >= 4 is 33.8 Å². The molecule has 0 aromatic heterocycles. The minimum Gasteiger partial charge on any atom is -0.462 e. The van der Waals surface area contributed by atoms with E-state index in [1.165, 1.54) is 0 Å². The minimum atomic E-state index is -0.539. The average molecular weight is 295 g/mol. The first-order chi connectivity index (χ1) is 8.11. The van der Waals surface area contributed by atoms with Crippen LogP contribution in [0.1, 0.15) is 18.1 Å². The van der Waals surface area contributed by atoms with Crippen LogP contribution in [0, 0.1) is 0 Å². The third-order valence-electron chi connectivity index (χ3n) is 2.55. The van der Waals surface area contributed by atoms with Crippen molar-refractivity contribution in [2.75, 3.05) is 6.61 Å². The number of fused-ring (bicyclic) bond motifs is 1. The van der Waals surface area contributed by atoms with Gasteiger partial charge in [-0.25, -0.2) is 4.79 Å². The monoisotopic (exact) mass is 294 g/mol. The molecule has 0 heterocycles. The normalized spacial score (nSPS) is 14.0. The fraction of sp³-hybridized carbons (Fsp3) is 0.231. The maximum Gasteiger partial charge on any atom is 0.341 e. The lowest BCUT2D eigenvalue weighted by molar-refractivity contribution is -0.139. The lowest BCUT2D eigenvalue weighted by Gasteiger charge is -2.14. The number of hydrogen-bond donors (Lipinski definition) is 0. The fourth-order valence-corrected chi connectivity index (χ4v) is 2.13. The summed E-state index contributed by atoms with van der Waals surface area (Å²) in [5, 5.41) is 0. The first-order valence-electron chi connectivity index (χ1n) is 5.32. The molecule has 88 valence electrons. The molecule has 0 fully saturated rings. The number of carbonyl (C=O) groups is 2. The first-order valence-corrected chi connectivity index (χ1v) is 6.11. The number of benzene rings is 1. The van der Waals surface area contributed by atoms with E-state index in [-0.39, 0.29) is 24.4 Å². The molecule has 0 N–H and O–H groups in total. The van der Waals surface area contributed by atoms with Gasteiger partial charge in [-0.1, -0.05) is 22.0 Å². The predicted octanol–water partition coefficient (Wildman–Crippen LogP) is 2.52. The number of halogens is 1. The van der Waals surface area contributed by atoms with Crippen LogP contribution in [0.5, 0.6) is 0 Å². The quantitative estimate of drug-likeness (QED) is 0.622. The number of rotatable bonds is 2. The Hall–Kier alpha value is -1.42. The molecular weight excluding hydrogens is 284 g/mol. The molecule has 0 radical (unpaired) electrons. The Balaban J connectivity index is 2.41. The van der Waals surface area contributed by atoms with Gasteiger partial charge in [0.2, 0.25) is 0 Å². The summed E-state index contributed by atoms with van der Waals surface area (Å²) < 4.78 is 5.78. The molecular formula is C13H11BrO3. The molecule has 1 aliphatic rings. The van der Waals surface area contributed by atoms with Crippen LogP contribution < -0.4 is 0 Å². The zero-order chi connectivity index (χ0) is 12.4. The van der Waals surface area contributed by atoms with Crippen LogP contribution >= 0.6 is 15.9 Å². The average Bonchev–Trinajstić information content (AvgIpc) is 2.29. The second kappa shape index (κ2) is 4.84. The number of ketones is 1. The third-order valence-corrected chi connectivity index (χ3v) is 3.05. The van der Waals surface area contributed by atoms with Gasteiger partial charge in [-0.15, -0.1) is 0 Å². The molecule has 0 aliphatic heterocycles. The lowest BCUT2D eigenvalue weighted by Crippen LogP contribution is -2.20. The van der Waals surface area contributed by atoms with Gasteiger partial charge >= 0.3 is 5.97 Å². The summed E-state index contributed by atoms with van der Waals surface area (Å²) in [5.41, 5.74) is 1.96. The highest BCUT2D eigenvalue weighted by Crippen LogP contribution is 2.25. The standard InChI is InChI=1S/C13H11BrO3/c1-2-17-13(16)11-6-9-5-10(14)4-3-8(9)7-12(11)15/h3-6H,2,7H2,1H3. The molecule has 1 aromatic carbocycles. The summed E-state index contributed by atoms with van der Waals surface area (Å²) in [6.07, 6.45) is 1.86. The summed E-state index contributed by atoms with van der Waals surface area (Å²) in [4.78, 5) is 23.4. The number of hydrogen-bond acceptors (Lipinski definition) is 3. The van der Waals surface area contributed by atoms with Crippen molar-refractivity contribution in [1.82, 2.24) is 0 Å². The molecule has 0 amide bonds. The lowest BCUT2D eigenvalue weighted by atomic mass is 9.91. The Bertz CT molecular complexity index is 517. The van der Waals surface area contributed by atoms with E-state index in [4.69, 9.17) is 4.74 Å². The van der Waals surface area contributed by atoms with Crippen molar-refractivity contribution in [3.05, 3.63) is 39.4 Å². The van der Waals surface area contributed by atoms with E-state index in [2.05, 4.69) is 15.9 Å². The van der Waals surface area contributed by atoms with E-state index >= 15 is 0 Å². The van der Waals surface area contributed by atoms with Gasteiger partial charge in [-0.3, -0.25) is 4.79 Å². The SMILES string of the molecule is CCOC(=O)C1=Cc2cc(Br)ccc2CC1=O. The highest BCUT2D eigenvalue weighted by Gasteiger charge is 2.24. The summed E-state index contributed by atoms with van der Waals surface area (Å²) >= 11 is 3.36. The number of carbonyl (C=O) groups excluding carboxylic acids is 2. The Labute approximate surface area is 108 Å². The molecule has 3 nitrogen and oxygen atoms in total. The van der Waals surface area contributed by atoms with Crippen LogP contribution in [-0.4, -0.2) is 18.4 Å². The number of esters is 1. The molecule has 0 bridgehead atoms. The van der Waals surface area contributed by atoms with Crippen molar-refractivity contribution in [2.45, 2.75) is 13.3 Å². The van der Waals surface area contributed by atoms with Gasteiger partial charge in [0, 0.05) is 10.9 Å². The Morgan fingerprint density at radius 2 is 2.24 bits per heavy atom. The summed E-state index contributed by atoms with van der Waals surface area (Å²) in [6.45, 7) is 1.99. The highest BCUT2D eigenvalue weighted by atomic mass is 79.9. The summed E-state index contributed by atoms with van der Waals surface area (Å²) in [7, 11) is 0. The maximum absolute atomic E-state index is 11.8. The molecule has 1 aromatic rings. The second-order valence-corrected chi connectivity index (χ2v) is 4.64. The zero-order valence-corrected chi connectivity index (χ0v) is 10.9. The van der Waals surface area contributed by atoms with E-state index in [9.17, 15) is 9.59 Å². The third kappa shape index (κ3) is 2.47. The van der Waals surface area contributed by atoms with Crippen LogP contribution in [0.25, 0.3) is 6.08 Å². The summed E-state index contributed by atoms with van der Waals surface area (Å²) in [5.74, 6) is -0.721. The molecule has 17 heavy (non-hydrogen) atoms. The zero-order valence-electron chi connectivity index (χ0n) is 9.33. The van der Waals surface area contributed by atoms with E-state index in [0.29, 0.717) is 0 Å². The first kappa shape index (κ1) is 12.0. The topological polar surface area (TPSA) is 43.4 Å². The Morgan fingerprint density at radius 1 is 1.47 bits per heavy atom. The maximum atomic E-state index is 11.8. The largest absolute Gasteiger partial charge is 0.462 e. The molecule has 0 unspecified atom stereocenters. The highest BCUT2D eigenvalue weighted by molar-refractivity contribution is 9.10. The number of Topliss-reactive ketones (excluding diaryl/α,β-unsaturated/α-hetero) is 1. The van der Waals surface area contributed by atoms with Gasteiger partial charge in [-0.2, -0.15) is 0 Å². The molecule has 0 atom stereocenters. The van der Waals surface area contributed by atoms with Crippen molar-refractivity contribution in [3.8, 4) is 0 Å². The van der Waals surface area contributed by atoms with E-state index in [0.717, 1.165) is 15.6 Å². The predicted molar refractivity (Wildman–Crippen MR) is 67.5 cm³/mol. The van der Waals surface area contributed by atoms with Gasteiger partial charge in [0.05, 0.1) is 6.61 Å². The van der Waals surface area contributed by atoms with E-state index < -0.39 is 5.97 Å². The fourth-order valence-electron chi connectivity index (χ4n) is 1.75. The van der Waals surface area contributed by atoms with Crippen molar-refractivity contribution in [3.63, 3.8) is 0 Å². The van der Waals surface area contributed by atoms with Gasteiger partial charge < -0.3 is 4.74 Å². The van der Waals surface area contributed by atoms with Gasteiger partial charge in [0.25, 0.3) is 0 Å². The second-order valence-electron chi connectivity index (χ2n) is 3.72. The molecule has 1 aliphatic carbocycles. The van der Waals surface area contributed by atoms with Crippen LogP contribution in [-0.2, 0) is 20.7 Å². The molecule has 0 saturated carbocycles. The van der Waals surface area contributed by atoms with Crippen molar-refractivity contribution in [2.24, 2.45) is 0 Å². The van der Waals surface area contributed by atoms with E-state index in [1.54, 1.807) is 13.0 Å². The van der Waals surface area contributed by atoms with Crippen molar-refractivity contribution < 1.29 is 14.3 Å².